The summed E-state index contributed by atoms with van der Waals surface area (Å²) in [5.41, 5.74) is 14.2. The zero-order valence-electron chi connectivity index (χ0n) is 24.5. The summed E-state index contributed by atoms with van der Waals surface area (Å²) in [6.45, 7) is 4.34. The summed E-state index contributed by atoms with van der Waals surface area (Å²) in [6.07, 6.45) is 9.45. The van der Waals surface area contributed by atoms with E-state index in [1.54, 1.807) is 17.1 Å². The number of hydrogen-bond donors (Lipinski definition) is 2. The quantitative estimate of drug-likeness (QED) is 0.245. The van der Waals surface area contributed by atoms with Crippen LogP contribution >= 0.6 is 0 Å². The Kier molecular flexibility index (Phi) is 6.49. The molecule has 0 fully saturated rings. The predicted octanol–water partition coefficient (Wildman–Crippen LogP) is 5.49. The van der Waals surface area contributed by atoms with Gasteiger partial charge in [0, 0.05) is 48.6 Å². The van der Waals surface area contributed by atoms with Gasteiger partial charge in [-0.05, 0) is 90.6 Å². The number of nitrogens with zero attached hydrogens (tertiary/aromatic N) is 7. The molecule has 0 saturated heterocycles. The van der Waals surface area contributed by atoms with Crippen molar-refractivity contribution in [2.24, 2.45) is 0 Å². The number of imidazole rings is 1. The van der Waals surface area contributed by atoms with Gasteiger partial charge in [-0.2, -0.15) is 5.10 Å². The molecular weight excluding hydrogens is 562 g/mol. The van der Waals surface area contributed by atoms with E-state index in [1.165, 1.54) is 17.2 Å². The Morgan fingerprint density at radius 1 is 0.956 bits per heavy atom. The number of carbonyl (C=O) groups is 1. The van der Waals surface area contributed by atoms with Crippen LogP contribution in [-0.4, -0.2) is 41.8 Å². The molecule has 4 aromatic heterocycles. The molecular formula is C35H31N9O. The Balaban J connectivity index is 1.17. The van der Waals surface area contributed by atoms with E-state index in [2.05, 4.69) is 50.8 Å². The lowest BCUT2D eigenvalue weighted by Gasteiger charge is -2.35. The average Bonchev–Trinajstić information content (AvgIpc) is 3.84. The van der Waals surface area contributed by atoms with Crippen LogP contribution in [0.1, 0.15) is 41.6 Å². The van der Waals surface area contributed by atoms with Crippen molar-refractivity contribution in [2.45, 2.75) is 31.3 Å². The fourth-order valence-electron chi connectivity index (χ4n) is 6.74. The van der Waals surface area contributed by atoms with Crippen LogP contribution in [0.25, 0.3) is 34.1 Å². The van der Waals surface area contributed by atoms with Crippen LogP contribution in [0.2, 0.25) is 0 Å². The standard InChI is InChI=1S/C35H31N9O/c1-2-32(45)42-20-16-28(25-7-3-4-9-30(25)42)39-27-13-10-22-21-23(11-12-24(22)27)44-34(26-8-5-17-37-33(26)36)40-29-14-15-31(41-35(29)44)43-19-6-18-38-43/h2-9,11-12,14-15,17-19,21,27-28,39H,1,10,13,16,20H2,(H2,36,37)/t27-,28?/m0/s1. The molecule has 45 heavy (non-hydrogen) atoms. The van der Waals surface area contributed by atoms with Gasteiger partial charge in [0.15, 0.2) is 17.3 Å². The van der Waals surface area contributed by atoms with Gasteiger partial charge in [0.2, 0.25) is 5.91 Å². The molecule has 0 bridgehead atoms. The van der Waals surface area contributed by atoms with Gasteiger partial charge in [-0.25, -0.2) is 19.6 Å². The minimum absolute atomic E-state index is 0.0645. The van der Waals surface area contributed by atoms with E-state index in [4.69, 9.17) is 15.7 Å². The van der Waals surface area contributed by atoms with Crippen LogP contribution in [-0.2, 0) is 11.2 Å². The van der Waals surface area contributed by atoms with Crippen molar-refractivity contribution in [3.05, 3.63) is 121 Å². The number of para-hydroxylation sites is 1. The molecule has 2 atom stereocenters. The molecule has 1 unspecified atom stereocenters. The van der Waals surface area contributed by atoms with Gasteiger partial charge in [0.05, 0.1) is 5.56 Å². The number of fused-ring (bicyclic) bond motifs is 3. The predicted molar refractivity (Wildman–Crippen MR) is 174 cm³/mol. The topological polar surface area (TPSA) is 120 Å². The lowest BCUT2D eigenvalue weighted by Crippen LogP contribution is -2.39. The first-order chi connectivity index (χ1) is 22.1. The lowest BCUT2D eigenvalue weighted by molar-refractivity contribution is -0.114. The Hall–Kier alpha value is -5.61. The second-order valence-corrected chi connectivity index (χ2v) is 11.4. The van der Waals surface area contributed by atoms with Crippen molar-refractivity contribution in [3.8, 4) is 22.9 Å². The van der Waals surface area contributed by atoms with Crippen molar-refractivity contribution >= 4 is 28.6 Å². The molecule has 5 heterocycles. The smallest absolute Gasteiger partial charge is 0.250 e. The number of amides is 1. The number of nitrogens with two attached hydrogens (primary N) is 1. The lowest BCUT2D eigenvalue weighted by atomic mass is 9.94. The number of hydrogen-bond acceptors (Lipinski definition) is 7. The van der Waals surface area contributed by atoms with Gasteiger partial charge in [-0.15, -0.1) is 0 Å². The molecule has 1 aliphatic heterocycles. The van der Waals surface area contributed by atoms with Crippen molar-refractivity contribution in [1.29, 1.82) is 0 Å². The summed E-state index contributed by atoms with van der Waals surface area (Å²) in [7, 11) is 0. The Morgan fingerprint density at radius 2 is 1.84 bits per heavy atom. The van der Waals surface area contributed by atoms with Crippen molar-refractivity contribution in [2.75, 3.05) is 17.2 Å². The number of pyridine rings is 2. The van der Waals surface area contributed by atoms with Crippen LogP contribution in [0.5, 0.6) is 0 Å². The van der Waals surface area contributed by atoms with E-state index in [-0.39, 0.29) is 18.0 Å². The van der Waals surface area contributed by atoms with Crippen LogP contribution in [0, 0.1) is 0 Å². The summed E-state index contributed by atoms with van der Waals surface area (Å²) in [5.74, 6) is 1.73. The van der Waals surface area contributed by atoms with E-state index in [9.17, 15) is 4.79 Å². The van der Waals surface area contributed by atoms with Gasteiger partial charge < -0.3 is 16.0 Å². The van der Waals surface area contributed by atoms with E-state index in [1.807, 2.05) is 59.6 Å². The maximum absolute atomic E-state index is 12.5. The summed E-state index contributed by atoms with van der Waals surface area (Å²) in [6, 6.07) is 24.7. The minimum Gasteiger partial charge on any atom is -0.383 e. The van der Waals surface area contributed by atoms with E-state index in [0.717, 1.165) is 47.3 Å². The number of benzene rings is 2. The number of aryl methyl sites for hydroxylation is 1. The number of rotatable bonds is 6. The number of nitrogen functional groups attached to an aromatic ring is 1. The zero-order valence-corrected chi connectivity index (χ0v) is 24.5. The van der Waals surface area contributed by atoms with Gasteiger partial charge in [-0.1, -0.05) is 30.8 Å². The highest BCUT2D eigenvalue weighted by Gasteiger charge is 2.32. The maximum atomic E-state index is 12.5. The largest absolute Gasteiger partial charge is 0.383 e. The molecule has 10 nitrogen and oxygen atoms in total. The van der Waals surface area contributed by atoms with E-state index >= 15 is 0 Å². The van der Waals surface area contributed by atoms with Gasteiger partial charge in [0.25, 0.3) is 0 Å². The summed E-state index contributed by atoms with van der Waals surface area (Å²) >= 11 is 0. The SMILES string of the molecule is C=CC(=O)N1CCC(N[C@H]2CCc3cc(-n4c(-c5cccnc5N)nc5ccc(-n6cccn6)nc54)ccc32)c2ccccc21. The highest BCUT2D eigenvalue weighted by molar-refractivity contribution is 6.02. The van der Waals surface area contributed by atoms with Gasteiger partial charge in [0.1, 0.15) is 11.3 Å². The molecule has 0 radical (unpaired) electrons. The van der Waals surface area contributed by atoms with E-state index < -0.39 is 0 Å². The van der Waals surface area contributed by atoms with Crippen molar-refractivity contribution in [3.63, 3.8) is 0 Å². The molecule has 1 amide bonds. The Bertz CT molecular complexity index is 2080. The molecule has 3 N–H and O–H groups in total. The Labute approximate surface area is 259 Å². The molecule has 10 heteroatoms. The number of carbonyl (C=O) groups excluding carboxylic acids is 1. The third kappa shape index (κ3) is 4.58. The molecule has 0 spiro atoms. The summed E-state index contributed by atoms with van der Waals surface area (Å²) in [4.78, 5) is 28.7. The molecule has 6 aromatic rings. The molecule has 0 saturated carbocycles. The first-order valence-electron chi connectivity index (χ1n) is 15.1. The van der Waals surface area contributed by atoms with Gasteiger partial charge in [-0.3, -0.25) is 9.36 Å². The first kappa shape index (κ1) is 27.0. The van der Waals surface area contributed by atoms with Crippen LogP contribution in [0.15, 0.2) is 104 Å². The molecule has 8 rings (SSSR count). The number of aromatic nitrogens is 6. The fraction of sp³-hybridized carbons (Fsp3) is 0.171. The summed E-state index contributed by atoms with van der Waals surface area (Å²) < 4.78 is 3.81. The van der Waals surface area contributed by atoms with Crippen molar-refractivity contribution < 1.29 is 4.79 Å². The third-order valence-corrected chi connectivity index (χ3v) is 8.86. The molecule has 222 valence electrons. The molecule has 2 aromatic carbocycles. The van der Waals surface area contributed by atoms with Gasteiger partial charge >= 0.3 is 0 Å². The second-order valence-electron chi connectivity index (χ2n) is 11.4. The zero-order chi connectivity index (χ0) is 30.5. The first-order valence-corrected chi connectivity index (χ1v) is 15.1. The van der Waals surface area contributed by atoms with E-state index in [0.29, 0.717) is 29.7 Å². The number of nitrogens with one attached hydrogen (secondary N) is 1. The normalized spacial score (nSPS) is 17.3. The monoisotopic (exact) mass is 593 g/mol. The highest BCUT2D eigenvalue weighted by atomic mass is 16.2. The average molecular weight is 594 g/mol. The fourth-order valence-corrected chi connectivity index (χ4v) is 6.74. The number of anilines is 2. The Morgan fingerprint density at radius 3 is 2.69 bits per heavy atom. The summed E-state index contributed by atoms with van der Waals surface area (Å²) in [5, 5.41) is 8.30. The maximum Gasteiger partial charge on any atom is 0.250 e. The second kappa shape index (κ2) is 10.8. The highest BCUT2D eigenvalue weighted by Crippen LogP contribution is 2.40. The van der Waals surface area contributed by atoms with Crippen LogP contribution < -0.4 is 16.0 Å². The van der Waals surface area contributed by atoms with Crippen LogP contribution in [0.4, 0.5) is 11.5 Å². The molecule has 1 aliphatic carbocycles. The van der Waals surface area contributed by atoms with Crippen LogP contribution in [0.3, 0.4) is 0 Å². The van der Waals surface area contributed by atoms with Crippen molar-refractivity contribution in [1.82, 2.24) is 34.6 Å². The minimum atomic E-state index is -0.0645. The molecule has 2 aliphatic rings. The third-order valence-electron chi connectivity index (χ3n) is 8.86.